The molecule has 0 aliphatic carbocycles. The van der Waals surface area contributed by atoms with E-state index < -0.39 is 0 Å². The third-order valence-electron chi connectivity index (χ3n) is 2.09. The van der Waals surface area contributed by atoms with Gasteiger partial charge in [0.1, 0.15) is 0 Å². The van der Waals surface area contributed by atoms with E-state index in [4.69, 9.17) is 11.6 Å². The second kappa shape index (κ2) is 2.89. The maximum absolute atomic E-state index is 11.0. The van der Waals surface area contributed by atoms with Gasteiger partial charge in [0.2, 0.25) is 5.56 Å². The van der Waals surface area contributed by atoms with Crippen molar-refractivity contribution in [3.05, 3.63) is 45.3 Å². The number of H-pyrrole nitrogens is 1. The molecule has 0 radical (unpaired) electrons. The highest BCUT2D eigenvalue weighted by atomic mass is 35.5. The lowest BCUT2D eigenvalue weighted by atomic mass is 10.1. The van der Waals surface area contributed by atoms with Crippen molar-refractivity contribution < 1.29 is 0 Å². The number of benzene rings is 1. The summed E-state index contributed by atoms with van der Waals surface area (Å²) in [5, 5.41) is 2.47. The number of aryl methyl sites for hydroxylation is 1. The number of aromatic nitrogens is 1. The van der Waals surface area contributed by atoms with Gasteiger partial charge in [0.15, 0.2) is 0 Å². The number of pyridine rings is 1. The van der Waals surface area contributed by atoms with Crippen LogP contribution in [0.25, 0.3) is 10.8 Å². The molecule has 2 nitrogen and oxygen atoms in total. The van der Waals surface area contributed by atoms with E-state index >= 15 is 0 Å². The Kier molecular flexibility index (Phi) is 1.85. The highest BCUT2D eigenvalue weighted by Crippen LogP contribution is 2.23. The molecule has 1 heterocycles. The zero-order valence-electron chi connectivity index (χ0n) is 7.10. The maximum Gasteiger partial charge on any atom is 0.248 e. The van der Waals surface area contributed by atoms with Gasteiger partial charge in [0, 0.05) is 22.7 Å². The normalized spacial score (nSPS) is 10.6. The molecule has 1 aromatic heterocycles. The highest BCUT2D eigenvalue weighted by molar-refractivity contribution is 6.35. The van der Waals surface area contributed by atoms with Crippen LogP contribution in [0, 0.1) is 6.92 Å². The lowest BCUT2D eigenvalue weighted by molar-refractivity contribution is 1.26. The van der Waals surface area contributed by atoms with Gasteiger partial charge >= 0.3 is 0 Å². The summed E-state index contributed by atoms with van der Waals surface area (Å²) >= 11 is 5.96. The van der Waals surface area contributed by atoms with Crippen LogP contribution in [0.15, 0.2) is 29.2 Å². The zero-order chi connectivity index (χ0) is 9.42. The fraction of sp³-hybridized carbons (Fsp3) is 0.100. The maximum atomic E-state index is 11.0. The molecule has 0 atom stereocenters. The lowest BCUT2D eigenvalue weighted by Gasteiger charge is -2.02. The van der Waals surface area contributed by atoms with Crippen molar-refractivity contribution in [2.45, 2.75) is 6.92 Å². The number of halogens is 1. The molecular formula is C10H8ClNO. The van der Waals surface area contributed by atoms with Crippen molar-refractivity contribution in [1.82, 2.24) is 4.98 Å². The molecule has 0 aliphatic rings. The Labute approximate surface area is 80.2 Å². The summed E-state index contributed by atoms with van der Waals surface area (Å²) in [5.41, 5.74) is 0.961. The van der Waals surface area contributed by atoms with Gasteiger partial charge in [-0.25, -0.2) is 0 Å². The molecule has 66 valence electrons. The molecule has 0 fully saturated rings. The van der Waals surface area contributed by atoms with Crippen LogP contribution < -0.4 is 5.56 Å². The van der Waals surface area contributed by atoms with Gasteiger partial charge in [0.05, 0.1) is 0 Å². The van der Waals surface area contributed by atoms with Crippen molar-refractivity contribution in [1.29, 1.82) is 0 Å². The summed E-state index contributed by atoms with van der Waals surface area (Å²) in [7, 11) is 0. The number of hydrogen-bond donors (Lipinski definition) is 1. The fourth-order valence-electron chi connectivity index (χ4n) is 1.37. The van der Waals surface area contributed by atoms with E-state index in [1.165, 1.54) is 0 Å². The third-order valence-corrected chi connectivity index (χ3v) is 2.42. The molecule has 13 heavy (non-hydrogen) atoms. The monoisotopic (exact) mass is 193 g/mol. The zero-order valence-corrected chi connectivity index (χ0v) is 7.85. The van der Waals surface area contributed by atoms with Crippen molar-refractivity contribution in [2.75, 3.05) is 0 Å². The van der Waals surface area contributed by atoms with Crippen molar-refractivity contribution in [3.8, 4) is 0 Å². The van der Waals surface area contributed by atoms with Gasteiger partial charge < -0.3 is 4.98 Å². The van der Waals surface area contributed by atoms with Crippen molar-refractivity contribution >= 4 is 22.4 Å². The van der Waals surface area contributed by atoms with Crippen LogP contribution >= 0.6 is 11.6 Å². The first kappa shape index (κ1) is 8.32. The molecule has 1 N–H and O–H groups in total. The first-order valence-corrected chi connectivity index (χ1v) is 4.34. The van der Waals surface area contributed by atoms with E-state index in [2.05, 4.69) is 4.98 Å². The van der Waals surface area contributed by atoms with Crippen LogP contribution in [-0.2, 0) is 0 Å². The smallest absolute Gasteiger partial charge is 0.248 e. The highest BCUT2D eigenvalue weighted by Gasteiger charge is 2.01. The molecule has 2 rings (SSSR count). The van der Waals surface area contributed by atoms with Gasteiger partial charge in [-0.2, -0.15) is 0 Å². The van der Waals surface area contributed by atoms with Crippen molar-refractivity contribution in [3.63, 3.8) is 0 Å². The van der Waals surface area contributed by atoms with Crippen LogP contribution in [0.3, 0.4) is 0 Å². The van der Waals surface area contributed by atoms with Crippen LogP contribution in [0.5, 0.6) is 0 Å². The quantitative estimate of drug-likeness (QED) is 0.685. The SMILES string of the molecule is Cc1ccc(Cl)c2c[nH]c(=O)cc12. The van der Waals surface area contributed by atoms with Crippen LogP contribution in [-0.4, -0.2) is 4.98 Å². The Morgan fingerprint density at radius 2 is 2.08 bits per heavy atom. The van der Waals surface area contributed by atoms with Crippen LogP contribution in [0.2, 0.25) is 5.02 Å². The number of nitrogens with one attached hydrogen (secondary N) is 1. The predicted molar refractivity (Wildman–Crippen MR) is 54.3 cm³/mol. The molecule has 0 aliphatic heterocycles. The standard InChI is InChI=1S/C10H8ClNO/c1-6-2-3-9(11)8-5-12-10(13)4-7(6)8/h2-5H,1H3,(H,12,13). The minimum absolute atomic E-state index is 0.0992. The Hall–Kier alpha value is -1.28. The Morgan fingerprint density at radius 1 is 1.31 bits per heavy atom. The van der Waals surface area contributed by atoms with E-state index in [0.717, 1.165) is 16.3 Å². The lowest BCUT2D eigenvalue weighted by Crippen LogP contribution is -2.02. The number of fused-ring (bicyclic) bond motifs is 1. The molecule has 3 heteroatoms. The number of rotatable bonds is 0. The fourth-order valence-corrected chi connectivity index (χ4v) is 1.59. The molecular weight excluding hydrogens is 186 g/mol. The topological polar surface area (TPSA) is 32.9 Å². The molecule has 0 spiro atoms. The van der Waals surface area contributed by atoms with Crippen LogP contribution in [0.1, 0.15) is 5.56 Å². The Balaban J connectivity index is 3.00. The third kappa shape index (κ3) is 1.33. The summed E-state index contributed by atoms with van der Waals surface area (Å²) in [6, 6.07) is 5.30. The van der Waals surface area contributed by atoms with E-state index in [9.17, 15) is 4.79 Å². The van der Waals surface area contributed by atoms with Crippen molar-refractivity contribution in [2.24, 2.45) is 0 Å². The Bertz CT molecular complexity index is 516. The first-order chi connectivity index (χ1) is 6.18. The van der Waals surface area contributed by atoms with Gasteiger partial charge in [-0.3, -0.25) is 4.79 Å². The van der Waals surface area contributed by atoms with E-state index in [1.807, 2.05) is 19.1 Å². The molecule has 2 aromatic rings. The molecule has 0 unspecified atom stereocenters. The predicted octanol–water partition coefficient (Wildman–Crippen LogP) is 2.49. The molecule has 0 saturated carbocycles. The van der Waals surface area contributed by atoms with Gasteiger partial charge in [-0.15, -0.1) is 0 Å². The number of aromatic amines is 1. The summed E-state index contributed by atoms with van der Waals surface area (Å²) in [6.07, 6.45) is 1.65. The summed E-state index contributed by atoms with van der Waals surface area (Å²) in [5.74, 6) is 0. The summed E-state index contributed by atoms with van der Waals surface area (Å²) < 4.78 is 0. The summed E-state index contributed by atoms with van der Waals surface area (Å²) in [4.78, 5) is 13.7. The second-order valence-electron chi connectivity index (χ2n) is 2.99. The molecule has 0 saturated heterocycles. The first-order valence-electron chi connectivity index (χ1n) is 3.96. The molecule has 1 aromatic carbocycles. The van der Waals surface area contributed by atoms with Gasteiger partial charge in [-0.05, 0) is 23.9 Å². The van der Waals surface area contributed by atoms with Gasteiger partial charge in [-0.1, -0.05) is 17.7 Å². The molecule has 0 amide bonds. The second-order valence-corrected chi connectivity index (χ2v) is 3.40. The largest absolute Gasteiger partial charge is 0.328 e. The number of hydrogen-bond acceptors (Lipinski definition) is 1. The molecule has 0 bridgehead atoms. The van der Waals surface area contributed by atoms with E-state index in [1.54, 1.807) is 12.3 Å². The Morgan fingerprint density at radius 3 is 2.85 bits per heavy atom. The average Bonchev–Trinajstić information content (AvgIpc) is 2.12. The van der Waals surface area contributed by atoms with Gasteiger partial charge in [0.25, 0.3) is 0 Å². The summed E-state index contributed by atoms with van der Waals surface area (Å²) in [6.45, 7) is 1.96. The minimum atomic E-state index is -0.0992. The minimum Gasteiger partial charge on any atom is -0.328 e. The average molecular weight is 194 g/mol. The van der Waals surface area contributed by atoms with Crippen LogP contribution in [0.4, 0.5) is 0 Å². The van der Waals surface area contributed by atoms with E-state index in [-0.39, 0.29) is 5.56 Å². The van der Waals surface area contributed by atoms with E-state index in [0.29, 0.717) is 5.02 Å².